The number of nitrogens with one attached hydrogen (secondary N) is 1. The molecule has 1 unspecified atom stereocenters. The molecule has 1 N–H and O–H groups in total. The maximum absolute atomic E-state index is 12.3. The number of thioether (sulfide) groups is 1. The van der Waals surface area contributed by atoms with E-state index in [9.17, 15) is 4.79 Å². The highest BCUT2D eigenvalue weighted by molar-refractivity contribution is 8.00. The van der Waals surface area contributed by atoms with E-state index in [1.54, 1.807) is 37.5 Å². The first-order chi connectivity index (χ1) is 11.7. The summed E-state index contributed by atoms with van der Waals surface area (Å²) in [6, 6.07) is 5.21. The van der Waals surface area contributed by atoms with Gasteiger partial charge in [-0.05, 0) is 25.5 Å². The summed E-state index contributed by atoms with van der Waals surface area (Å²) < 4.78 is 10.5. The number of nitrogens with zero attached hydrogens (tertiary/aromatic N) is 4. The van der Waals surface area contributed by atoms with Gasteiger partial charge in [-0.15, -0.1) is 10.2 Å². The quantitative estimate of drug-likeness (QED) is 0.680. The average molecular weight is 345 g/mol. The van der Waals surface area contributed by atoms with Crippen molar-refractivity contribution in [2.45, 2.75) is 30.7 Å². The fourth-order valence-electron chi connectivity index (χ4n) is 1.94. The van der Waals surface area contributed by atoms with Crippen LogP contribution in [0.1, 0.15) is 19.1 Å². The van der Waals surface area contributed by atoms with Gasteiger partial charge in [-0.3, -0.25) is 9.78 Å². The Morgan fingerprint density at radius 1 is 1.33 bits per heavy atom. The Bertz CT molecular complexity index is 817. The van der Waals surface area contributed by atoms with Crippen molar-refractivity contribution < 1.29 is 13.7 Å². The Morgan fingerprint density at radius 2 is 2.12 bits per heavy atom. The molecule has 0 aromatic carbocycles. The van der Waals surface area contributed by atoms with Crippen molar-refractivity contribution in [1.82, 2.24) is 20.3 Å². The van der Waals surface area contributed by atoms with E-state index in [0.29, 0.717) is 29.1 Å². The summed E-state index contributed by atoms with van der Waals surface area (Å²) in [5.74, 6) is 1.21. The number of pyridine rings is 1. The molecule has 9 heteroatoms. The van der Waals surface area contributed by atoms with E-state index in [-0.39, 0.29) is 11.2 Å². The molecule has 0 spiro atoms. The maximum Gasteiger partial charge on any atom is 0.277 e. The molecular formula is C15H15N5O3S. The van der Waals surface area contributed by atoms with Crippen LogP contribution < -0.4 is 5.32 Å². The number of anilines is 1. The van der Waals surface area contributed by atoms with E-state index in [1.165, 1.54) is 11.8 Å². The second-order valence-electron chi connectivity index (χ2n) is 4.94. The number of hydrogen-bond acceptors (Lipinski definition) is 8. The van der Waals surface area contributed by atoms with E-state index in [1.807, 2.05) is 6.92 Å². The molecule has 0 fully saturated rings. The summed E-state index contributed by atoms with van der Waals surface area (Å²) in [6.07, 6.45) is 3.89. The van der Waals surface area contributed by atoms with E-state index >= 15 is 0 Å². The minimum absolute atomic E-state index is 0.195. The van der Waals surface area contributed by atoms with Gasteiger partial charge in [0.1, 0.15) is 5.76 Å². The molecule has 3 rings (SSSR count). The molecule has 0 saturated carbocycles. The van der Waals surface area contributed by atoms with Crippen LogP contribution in [0.15, 0.2) is 44.8 Å². The van der Waals surface area contributed by atoms with E-state index < -0.39 is 0 Å². The third kappa shape index (κ3) is 3.80. The zero-order chi connectivity index (χ0) is 16.9. The Balaban J connectivity index is 1.67. The fourth-order valence-corrected chi connectivity index (χ4v) is 2.74. The van der Waals surface area contributed by atoms with Crippen molar-refractivity contribution in [3.63, 3.8) is 0 Å². The van der Waals surface area contributed by atoms with Crippen molar-refractivity contribution >= 4 is 23.5 Å². The van der Waals surface area contributed by atoms with Gasteiger partial charge in [0.15, 0.2) is 5.82 Å². The third-order valence-electron chi connectivity index (χ3n) is 3.12. The average Bonchev–Trinajstić information content (AvgIpc) is 3.22. The highest BCUT2D eigenvalue weighted by atomic mass is 32.2. The largest absolute Gasteiger partial charge is 0.411 e. The summed E-state index contributed by atoms with van der Waals surface area (Å²) in [7, 11) is 0. The van der Waals surface area contributed by atoms with Crippen molar-refractivity contribution in [1.29, 1.82) is 0 Å². The molecule has 0 saturated heterocycles. The Kier molecular flexibility index (Phi) is 4.90. The van der Waals surface area contributed by atoms with Gasteiger partial charge in [0.2, 0.25) is 11.8 Å². The minimum Gasteiger partial charge on any atom is -0.411 e. The maximum atomic E-state index is 12.3. The Morgan fingerprint density at radius 3 is 2.79 bits per heavy atom. The molecule has 3 heterocycles. The second-order valence-corrected chi connectivity index (χ2v) is 6.09. The molecule has 8 nitrogen and oxygen atoms in total. The Labute approximate surface area is 142 Å². The number of carbonyl (C=O) groups excluding carboxylic acids is 1. The molecule has 124 valence electrons. The zero-order valence-electron chi connectivity index (χ0n) is 13.1. The smallest absolute Gasteiger partial charge is 0.277 e. The van der Waals surface area contributed by atoms with Crippen LogP contribution in [-0.4, -0.2) is 31.5 Å². The van der Waals surface area contributed by atoms with Gasteiger partial charge in [-0.25, -0.2) is 0 Å². The monoisotopic (exact) mass is 345 g/mol. The van der Waals surface area contributed by atoms with Gasteiger partial charge in [0, 0.05) is 24.0 Å². The number of amides is 1. The van der Waals surface area contributed by atoms with Crippen LogP contribution in [0.25, 0.3) is 11.5 Å². The lowest BCUT2D eigenvalue weighted by molar-refractivity contribution is -0.115. The summed E-state index contributed by atoms with van der Waals surface area (Å²) in [4.78, 5) is 16.3. The second kappa shape index (κ2) is 7.26. The van der Waals surface area contributed by atoms with Crippen LogP contribution >= 0.6 is 11.8 Å². The lowest BCUT2D eigenvalue weighted by Crippen LogP contribution is -2.24. The van der Waals surface area contributed by atoms with Crippen LogP contribution in [0.5, 0.6) is 0 Å². The topological polar surface area (TPSA) is 107 Å². The number of carbonyl (C=O) groups is 1. The normalized spacial score (nSPS) is 12.1. The van der Waals surface area contributed by atoms with Gasteiger partial charge in [-0.1, -0.05) is 23.8 Å². The van der Waals surface area contributed by atoms with Gasteiger partial charge >= 0.3 is 0 Å². The summed E-state index contributed by atoms with van der Waals surface area (Å²) in [6.45, 7) is 3.67. The SMILES string of the molecule is CCC(Sc1nnc(-c2ccncc2)o1)C(=O)Nc1cc(C)on1. The summed E-state index contributed by atoms with van der Waals surface area (Å²) >= 11 is 1.21. The van der Waals surface area contributed by atoms with Crippen molar-refractivity contribution in [2.75, 3.05) is 5.32 Å². The van der Waals surface area contributed by atoms with Crippen LogP contribution in [-0.2, 0) is 4.79 Å². The molecule has 24 heavy (non-hydrogen) atoms. The van der Waals surface area contributed by atoms with Crippen LogP contribution in [0, 0.1) is 6.92 Å². The van der Waals surface area contributed by atoms with E-state index in [0.717, 1.165) is 5.56 Å². The molecule has 0 aliphatic rings. The predicted molar refractivity (Wildman–Crippen MR) is 87.3 cm³/mol. The molecule has 1 atom stereocenters. The number of aryl methyl sites for hydroxylation is 1. The molecule has 0 aliphatic heterocycles. The third-order valence-corrected chi connectivity index (χ3v) is 4.32. The lowest BCUT2D eigenvalue weighted by atomic mass is 10.3. The van der Waals surface area contributed by atoms with E-state index in [4.69, 9.17) is 8.94 Å². The van der Waals surface area contributed by atoms with Crippen molar-refractivity contribution in [3.8, 4) is 11.5 Å². The fraction of sp³-hybridized carbons (Fsp3) is 0.267. The molecule has 3 aromatic heterocycles. The highest BCUT2D eigenvalue weighted by Crippen LogP contribution is 2.28. The van der Waals surface area contributed by atoms with Crippen molar-refractivity contribution in [3.05, 3.63) is 36.4 Å². The minimum atomic E-state index is -0.382. The standard InChI is InChI=1S/C15H15N5O3S/c1-3-11(13(21)17-12-8-9(2)23-20-12)24-15-19-18-14(22-15)10-4-6-16-7-5-10/h4-8,11H,3H2,1-2H3,(H,17,20,21). The van der Waals surface area contributed by atoms with Gasteiger partial charge in [-0.2, -0.15) is 0 Å². The van der Waals surface area contributed by atoms with Gasteiger partial charge < -0.3 is 14.3 Å². The lowest BCUT2D eigenvalue weighted by Gasteiger charge is -2.10. The number of aromatic nitrogens is 4. The predicted octanol–water partition coefficient (Wildman–Crippen LogP) is 2.94. The summed E-state index contributed by atoms with van der Waals surface area (Å²) in [5, 5.41) is 14.4. The first-order valence-corrected chi connectivity index (χ1v) is 8.18. The van der Waals surface area contributed by atoms with Crippen LogP contribution in [0.4, 0.5) is 5.82 Å². The first kappa shape index (κ1) is 16.2. The molecule has 1 amide bonds. The number of rotatable bonds is 6. The van der Waals surface area contributed by atoms with Gasteiger partial charge in [0.25, 0.3) is 5.22 Å². The Hall–Kier alpha value is -2.68. The van der Waals surface area contributed by atoms with Gasteiger partial charge in [0.05, 0.1) is 5.25 Å². The zero-order valence-corrected chi connectivity index (χ0v) is 13.9. The number of hydrogen-bond donors (Lipinski definition) is 1. The summed E-state index contributed by atoms with van der Waals surface area (Å²) in [5.41, 5.74) is 0.778. The van der Waals surface area contributed by atoms with E-state index in [2.05, 4.69) is 25.7 Å². The molecule has 0 bridgehead atoms. The van der Waals surface area contributed by atoms with Crippen LogP contribution in [0.3, 0.4) is 0 Å². The molecule has 0 aliphatic carbocycles. The van der Waals surface area contributed by atoms with Crippen molar-refractivity contribution in [2.24, 2.45) is 0 Å². The highest BCUT2D eigenvalue weighted by Gasteiger charge is 2.22. The molecular weight excluding hydrogens is 330 g/mol. The molecule has 3 aromatic rings. The van der Waals surface area contributed by atoms with Crippen LogP contribution in [0.2, 0.25) is 0 Å². The first-order valence-electron chi connectivity index (χ1n) is 7.30. The molecule has 0 radical (unpaired) electrons.